The van der Waals surface area contributed by atoms with Gasteiger partial charge in [0, 0.05) is 0 Å². The van der Waals surface area contributed by atoms with Gasteiger partial charge in [-0.25, -0.2) is 0 Å². The maximum absolute atomic E-state index is 10.9. The zero-order chi connectivity index (χ0) is 14.8. The summed E-state index contributed by atoms with van der Waals surface area (Å²) in [5.74, 6) is -0.486. The van der Waals surface area contributed by atoms with Crippen LogP contribution in [0.25, 0.3) is 0 Å². The molecule has 2 aromatic carbocycles. The van der Waals surface area contributed by atoms with Crippen molar-refractivity contribution in [2.75, 3.05) is 13.2 Å². The molecule has 0 aliphatic carbocycles. The Kier molecular flexibility index (Phi) is 9.93. The van der Waals surface area contributed by atoms with Crippen molar-refractivity contribution >= 4 is 11.9 Å². The van der Waals surface area contributed by atoms with E-state index in [1.165, 1.54) is 0 Å². The summed E-state index contributed by atoms with van der Waals surface area (Å²) in [6, 6.07) is 14.2. The maximum Gasteiger partial charge on any atom is 2.00 e. The Morgan fingerprint density at radius 1 is 0.905 bits per heavy atom. The number of rotatable bonds is 4. The van der Waals surface area contributed by atoms with Gasteiger partial charge < -0.3 is 19.1 Å². The number of hydrogen-bond acceptors (Lipinski definition) is 4. The summed E-state index contributed by atoms with van der Waals surface area (Å²) in [6.07, 6.45) is 0. The van der Waals surface area contributed by atoms with Gasteiger partial charge in [-0.15, -0.1) is 12.1 Å². The Bertz CT molecular complexity index is 452. The third-order valence-electron chi connectivity index (χ3n) is 2.35. The Balaban J connectivity index is 0.000000364. The third kappa shape index (κ3) is 6.93. The minimum absolute atomic E-state index is 0. The first-order valence-electron chi connectivity index (χ1n) is 6.46. The van der Waals surface area contributed by atoms with Crippen molar-refractivity contribution in [1.82, 2.24) is 0 Å². The quantitative estimate of drug-likeness (QED) is 0.491. The number of carbonyl (C=O) groups excluding carboxylic acids is 2. The van der Waals surface area contributed by atoms with Crippen molar-refractivity contribution in [3.8, 4) is 0 Å². The molecule has 0 radical (unpaired) electrons. The van der Waals surface area contributed by atoms with E-state index in [1.807, 2.05) is 24.3 Å². The summed E-state index contributed by atoms with van der Waals surface area (Å²) in [6.45, 7) is 4.45. The molecule has 0 atom stereocenters. The molecule has 0 unspecified atom stereocenters. The molecule has 0 N–H and O–H groups in total. The molecule has 0 saturated heterocycles. The molecular formula is C16H18FeO4. The van der Waals surface area contributed by atoms with Gasteiger partial charge >= 0.3 is 17.1 Å². The van der Waals surface area contributed by atoms with Gasteiger partial charge in [0.2, 0.25) is 11.9 Å². The average Bonchev–Trinajstić information content (AvgIpc) is 3.14. The molecule has 0 aliphatic rings. The Hall–Kier alpha value is -1.84. The van der Waals surface area contributed by atoms with Crippen LogP contribution in [0.15, 0.2) is 48.5 Å². The van der Waals surface area contributed by atoms with Crippen molar-refractivity contribution in [3.63, 3.8) is 0 Å². The number of esters is 2. The van der Waals surface area contributed by atoms with Crippen LogP contribution in [-0.4, -0.2) is 25.2 Å². The zero-order valence-corrected chi connectivity index (χ0v) is 13.1. The molecule has 21 heavy (non-hydrogen) atoms. The molecule has 0 bridgehead atoms. The minimum Gasteiger partial charge on any atom is -0.506 e. The molecule has 114 valence electrons. The van der Waals surface area contributed by atoms with E-state index in [0.29, 0.717) is 24.3 Å². The molecule has 0 spiro atoms. The number of carbonyl (C=O) groups is 2. The molecule has 0 fully saturated rings. The SMILES string of the molecule is CCOC(=O)c1ccc[cH-]1.CCOC(=O)c1ccc[cH-]1.[Fe+2]. The van der Waals surface area contributed by atoms with E-state index in [0.717, 1.165) is 0 Å². The predicted molar refractivity (Wildman–Crippen MR) is 76.0 cm³/mol. The summed E-state index contributed by atoms with van der Waals surface area (Å²) in [5.41, 5.74) is 1.25. The molecule has 0 heterocycles. The molecule has 0 saturated carbocycles. The zero-order valence-electron chi connectivity index (χ0n) is 12.0. The van der Waals surface area contributed by atoms with Crippen LogP contribution >= 0.6 is 0 Å². The van der Waals surface area contributed by atoms with E-state index in [9.17, 15) is 9.59 Å². The average molecular weight is 330 g/mol. The largest absolute Gasteiger partial charge is 2.00 e. The van der Waals surface area contributed by atoms with Crippen LogP contribution in [0, 0.1) is 0 Å². The van der Waals surface area contributed by atoms with Crippen LogP contribution in [0.4, 0.5) is 0 Å². The molecule has 0 aliphatic heterocycles. The van der Waals surface area contributed by atoms with Crippen molar-refractivity contribution < 1.29 is 36.1 Å². The summed E-state index contributed by atoms with van der Waals surface area (Å²) in [5, 5.41) is 0. The van der Waals surface area contributed by atoms with Crippen molar-refractivity contribution in [2.24, 2.45) is 0 Å². The van der Waals surface area contributed by atoms with Gasteiger partial charge in [-0.3, -0.25) is 0 Å². The first-order chi connectivity index (χ1) is 9.69. The second-order valence-electron chi connectivity index (χ2n) is 3.79. The predicted octanol–water partition coefficient (Wildman–Crippen LogP) is 3.16. The van der Waals surface area contributed by atoms with Crippen LogP contribution in [-0.2, 0) is 26.5 Å². The first-order valence-corrected chi connectivity index (χ1v) is 6.46. The van der Waals surface area contributed by atoms with E-state index in [2.05, 4.69) is 0 Å². The summed E-state index contributed by atoms with van der Waals surface area (Å²) in [4.78, 5) is 21.8. The second-order valence-corrected chi connectivity index (χ2v) is 3.79. The van der Waals surface area contributed by atoms with Crippen LogP contribution in [0.5, 0.6) is 0 Å². The van der Waals surface area contributed by atoms with Crippen LogP contribution in [0.3, 0.4) is 0 Å². The first kappa shape index (κ1) is 19.2. The summed E-state index contributed by atoms with van der Waals surface area (Å²) >= 11 is 0. The van der Waals surface area contributed by atoms with E-state index in [1.54, 1.807) is 38.1 Å². The van der Waals surface area contributed by atoms with Gasteiger partial charge in [0.05, 0.1) is 13.2 Å². The number of hydrogen-bond donors (Lipinski definition) is 0. The molecule has 4 nitrogen and oxygen atoms in total. The molecule has 2 aromatic rings. The third-order valence-corrected chi connectivity index (χ3v) is 2.35. The molecular weight excluding hydrogens is 312 g/mol. The maximum atomic E-state index is 10.9. The van der Waals surface area contributed by atoms with E-state index in [-0.39, 0.29) is 29.0 Å². The summed E-state index contributed by atoms with van der Waals surface area (Å²) < 4.78 is 9.49. The molecule has 2 rings (SSSR count). The van der Waals surface area contributed by atoms with Gasteiger partial charge in [0.1, 0.15) is 0 Å². The Morgan fingerprint density at radius 2 is 1.29 bits per heavy atom. The van der Waals surface area contributed by atoms with Gasteiger partial charge in [-0.1, -0.05) is 11.1 Å². The van der Waals surface area contributed by atoms with Crippen LogP contribution < -0.4 is 0 Å². The molecule has 0 aromatic heterocycles. The number of ether oxygens (including phenoxy) is 2. The molecule has 0 amide bonds. The van der Waals surface area contributed by atoms with Gasteiger partial charge in [0.25, 0.3) is 0 Å². The van der Waals surface area contributed by atoms with Crippen molar-refractivity contribution in [2.45, 2.75) is 13.8 Å². The van der Waals surface area contributed by atoms with E-state index in [4.69, 9.17) is 9.47 Å². The van der Waals surface area contributed by atoms with Gasteiger partial charge in [-0.05, 0) is 13.8 Å². The van der Waals surface area contributed by atoms with Crippen LogP contribution in [0.2, 0.25) is 0 Å². The fraction of sp³-hybridized carbons (Fsp3) is 0.250. The second kappa shape index (κ2) is 10.9. The topological polar surface area (TPSA) is 52.6 Å². The van der Waals surface area contributed by atoms with Gasteiger partial charge in [-0.2, -0.15) is 36.4 Å². The normalized spacial score (nSPS) is 8.86. The minimum atomic E-state index is -0.243. The Labute approximate surface area is 135 Å². The van der Waals surface area contributed by atoms with Crippen molar-refractivity contribution in [3.05, 3.63) is 59.7 Å². The van der Waals surface area contributed by atoms with E-state index >= 15 is 0 Å². The standard InChI is InChI=1S/2C8H9O2.Fe/c2*1-2-10-8(9)7-5-3-4-6-7;/h2*3-6H,2H2,1H3;/q2*-1;+2. The summed E-state index contributed by atoms with van der Waals surface area (Å²) in [7, 11) is 0. The molecule has 5 heteroatoms. The Morgan fingerprint density at radius 3 is 1.52 bits per heavy atom. The van der Waals surface area contributed by atoms with Gasteiger partial charge in [0.15, 0.2) is 0 Å². The monoisotopic (exact) mass is 330 g/mol. The fourth-order valence-corrected chi connectivity index (χ4v) is 1.45. The van der Waals surface area contributed by atoms with E-state index < -0.39 is 0 Å². The van der Waals surface area contributed by atoms with Crippen LogP contribution in [0.1, 0.15) is 34.6 Å². The van der Waals surface area contributed by atoms with Crippen molar-refractivity contribution in [1.29, 1.82) is 0 Å². The fourth-order valence-electron chi connectivity index (χ4n) is 1.45. The smallest absolute Gasteiger partial charge is 0.506 e.